The van der Waals surface area contributed by atoms with E-state index < -0.39 is 6.10 Å². The molecule has 0 spiro atoms. The third-order valence-corrected chi connectivity index (χ3v) is 5.27. The molecule has 1 saturated heterocycles. The number of hydrogen-bond donors (Lipinski definition) is 1. The standard InChI is InChI=1S/C22H31N3O2/c1-17(2)14-18-4-6-19(7-5-18)22(27)20-8-12-24(13-9-20)15-21(26)16-25-11-3-10-23-25/h3-7,10-11,17,20-21,26H,8-9,12-16H2,1-2H3. The van der Waals surface area contributed by atoms with Gasteiger partial charge >= 0.3 is 0 Å². The fraction of sp³-hybridized carbons (Fsp3) is 0.545. The van der Waals surface area contributed by atoms with Crippen LogP contribution in [0, 0.1) is 11.8 Å². The molecule has 1 N–H and O–H groups in total. The molecule has 1 unspecified atom stereocenters. The Balaban J connectivity index is 1.46. The summed E-state index contributed by atoms with van der Waals surface area (Å²) in [6, 6.07) is 10.0. The van der Waals surface area contributed by atoms with E-state index in [0.717, 1.165) is 37.9 Å². The summed E-state index contributed by atoms with van der Waals surface area (Å²) in [5.41, 5.74) is 2.13. The second-order valence-electron chi connectivity index (χ2n) is 8.12. The molecular formula is C22H31N3O2. The van der Waals surface area contributed by atoms with Crippen LogP contribution < -0.4 is 0 Å². The van der Waals surface area contributed by atoms with Crippen LogP contribution in [0.2, 0.25) is 0 Å². The molecule has 1 aliphatic rings. The van der Waals surface area contributed by atoms with Crippen molar-refractivity contribution in [3.8, 4) is 0 Å². The first kappa shape index (κ1) is 19.8. The van der Waals surface area contributed by atoms with E-state index in [4.69, 9.17) is 0 Å². The lowest BCUT2D eigenvalue weighted by Gasteiger charge is -2.32. The van der Waals surface area contributed by atoms with E-state index in [0.29, 0.717) is 19.0 Å². The number of Topliss-reactive ketones (excluding diaryl/α,β-unsaturated/α-hetero) is 1. The molecule has 2 heterocycles. The van der Waals surface area contributed by atoms with E-state index >= 15 is 0 Å². The molecule has 5 nitrogen and oxygen atoms in total. The third-order valence-electron chi connectivity index (χ3n) is 5.27. The Morgan fingerprint density at radius 1 is 1.19 bits per heavy atom. The highest BCUT2D eigenvalue weighted by Gasteiger charge is 2.26. The van der Waals surface area contributed by atoms with Crippen LogP contribution >= 0.6 is 0 Å². The summed E-state index contributed by atoms with van der Waals surface area (Å²) >= 11 is 0. The Morgan fingerprint density at radius 3 is 2.48 bits per heavy atom. The van der Waals surface area contributed by atoms with Gasteiger partial charge in [-0.15, -0.1) is 0 Å². The minimum absolute atomic E-state index is 0.0976. The van der Waals surface area contributed by atoms with Gasteiger partial charge < -0.3 is 10.0 Å². The lowest BCUT2D eigenvalue weighted by atomic mass is 9.88. The van der Waals surface area contributed by atoms with Crippen LogP contribution in [-0.4, -0.2) is 51.3 Å². The van der Waals surface area contributed by atoms with Crippen molar-refractivity contribution in [1.29, 1.82) is 0 Å². The zero-order valence-electron chi connectivity index (χ0n) is 16.4. The lowest BCUT2D eigenvalue weighted by Crippen LogP contribution is -2.41. The summed E-state index contributed by atoms with van der Waals surface area (Å²) in [5.74, 6) is 0.989. The van der Waals surface area contributed by atoms with Crippen LogP contribution in [0.3, 0.4) is 0 Å². The number of carbonyl (C=O) groups is 1. The smallest absolute Gasteiger partial charge is 0.166 e. The molecule has 0 bridgehead atoms. The van der Waals surface area contributed by atoms with Crippen molar-refractivity contribution in [2.75, 3.05) is 19.6 Å². The maximum Gasteiger partial charge on any atom is 0.166 e. The van der Waals surface area contributed by atoms with Crippen molar-refractivity contribution in [3.63, 3.8) is 0 Å². The number of benzene rings is 1. The number of hydrogen-bond acceptors (Lipinski definition) is 4. The first-order valence-corrected chi connectivity index (χ1v) is 10.0. The molecule has 5 heteroatoms. The molecule has 1 aromatic heterocycles. The fourth-order valence-corrected chi connectivity index (χ4v) is 3.87. The maximum atomic E-state index is 12.8. The van der Waals surface area contributed by atoms with Crippen molar-refractivity contribution >= 4 is 5.78 Å². The summed E-state index contributed by atoms with van der Waals surface area (Å²) in [4.78, 5) is 15.0. The van der Waals surface area contributed by atoms with Crippen molar-refractivity contribution in [2.45, 2.75) is 45.8 Å². The second-order valence-corrected chi connectivity index (χ2v) is 8.12. The molecule has 27 heavy (non-hydrogen) atoms. The minimum Gasteiger partial charge on any atom is -0.390 e. The normalized spacial score (nSPS) is 17.3. The van der Waals surface area contributed by atoms with Crippen molar-refractivity contribution in [2.24, 2.45) is 11.8 Å². The third kappa shape index (κ3) is 5.75. The predicted octanol–water partition coefficient (Wildman–Crippen LogP) is 3.04. The first-order valence-electron chi connectivity index (χ1n) is 10.0. The molecule has 2 aromatic rings. The van der Waals surface area contributed by atoms with Gasteiger partial charge in [-0.3, -0.25) is 9.48 Å². The van der Waals surface area contributed by atoms with Crippen LogP contribution in [0.25, 0.3) is 0 Å². The van der Waals surface area contributed by atoms with Gasteiger partial charge in [0.25, 0.3) is 0 Å². The molecule has 0 aliphatic carbocycles. The number of likely N-dealkylation sites (tertiary alicyclic amines) is 1. The van der Waals surface area contributed by atoms with Crippen LogP contribution in [0.5, 0.6) is 0 Å². The molecular weight excluding hydrogens is 338 g/mol. The molecule has 0 saturated carbocycles. The van der Waals surface area contributed by atoms with Gasteiger partial charge in [0.2, 0.25) is 0 Å². The summed E-state index contributed by atoms with van der Waals surface area (Å²) in [5, 5.41) is 14.4. The topological polar surface area (TPSA) is 58.4 Å². The van der Waals surface area contributed by atoms with Gasteiger partial charge in [-0.1, -0.05) is 38.1 Å². The van der Waals surface area contributed by atoms with Crippen molar-refractivity contribution < 1.29 is 9.90 Å². The van der Waals surface area contributed by atoms with Crippen LogP contribution in [0.1, 0.15) is 42.6 Å². The van der Waals surface area contributed by atoms with E-state index in [1.54, 1.807) is 10.9 Å². The number of aliphatic hydroxyl groups is 1. The van der Waals surface area contributed by atoms with Crippen molar-refractivity contribution in [1.82, 2.24) is 14.7 Å². The van der Waals surface area contributed by atoms with E-state index in [-0.39, 0.29) is 11.7 Å². The van der Waals surface area contributed by atoms with Crippen LogP contribution in [0.4, 0.5) is 0 Å². The molecule has 1 atom stereocenters. The number of aliphatic hydroxyl groups excluding tert-OH is 1. The van der Waals surface area contributed by atoms with Crippen molar-refractivity contribution in [3.05, 3.63) is 53.9 Å². The summed E-state index contributed by atoms with van der Waals surface area (Å²) in [7, 11) is 0. The number of piperidine rings is 1. The lowest BCUT2D eigenvalue weighted by molar-refractivity contribution is 0.0668. The highest BCUT2D eigenvalue weighted by Crippen LogP contribution is 2.22. The summed E-state index contributed by atoms with van der Waals surface area (Å²) < 4.78 is 1.75. The zero-order chi connectivity index (χ0) is 19.2. The average molecular weight is 370 g/mol. The molecule has 1 fully saturated rings. The minimum atomic E-state index is -0.439. The Hall–Kier alpha value is -1.98. The van der Waals surface area contributed by atoms with E-state index in [9.17, 15) is 9.90 Å². The SMILES string of the molecule is CC(C)Cc1ccc(C(=O)C2CCN(CC(O)Cn3cccn3)CC2)cc1. The van der Waals surface area contributed by atoms with E-state index in [1.807, 2.05) is 24.4 Å². The number of ketones is 1. The Morgan fingerprint density at radius 2 is 1.89 bits per heavy atom. The average Bonchev–Trinajstić information content (AvgIpc) is 3.15. The highest BCUT2D eigenvalue weighted by molar-refractivity contribution is 5.97. The van der Waals surface area contributed by atoms with Gasteiger partial charge in [0, 0.05) is 30.4 Å². The van der Waals surface area contributed by atoms with Crippen LogP contribution in [-0.2, 0) is 13.0 Å². The quantitative estimate of drug-likeness (QED) is 0.727. The molecule has 1 aromatic carbocycles. The maximum absolute atomic E-state index is 12.8. The van der Waals surface area contributed by atoms with Gasteiger partial charge in [0.15, 0.2) is 5.78 Å². The fourth-order valence-electron chi connectivity index (χ4n) is 3.87. The predicted molar refractivity (Wildman–Crippen MR) is 107 cm³/mol. The molecule has 146 valence electrons. The Labute approximate surface area is 162 Å². The van der Waals surface area contributed by atoms with Gasteiger partial charge in [0.1, 0.15) is 0 Å². The van der Waals surface area contributed by atoms with E-state index in [2.05, 4.69) is 36.0 Å². The molecule has 0 amide bonds. The number of carbonyl (C=O) groups excluding carboxylic acids is 1. The van der Waals surface area contributed by atoms with Gasteiger partial charge in [0.05, 0.1) is 12.6 Å². The highest BCUT2D eigenvalue weighted by atomic mass is 16.3. The summed E-state index contributed by atoms with van der Waals surface area (Å²) in [6.07, 6.45) is 5.92. The Bertz CT molecular complexity index is 702. The number of β-amino-alcohol motifs (C(OH)–C–C–N with tert-alkyl or cyclic N) is 1. The number of rotatable bonds is 8. The molecule has 3 rings (SSSR count). The monoisotopic (exact) mass is 369 g/mol. The molecule has 1 aliphatic heterocycles. The number of nitrogens with zero attached hydrogens (tertiary/aromatic N) is 3. The van der Waals surface area contributed by atoms with Crippen LogP contribution in [0.15, 0.2) is 42.7 Å². The second kappa shape index (κ2) is 9.29. The van der Waals surface area contributed by atoms with Gasteiger partial charge in [-0.05, 0) is 49.9 Å². The summed E-state index contributed by atoms with van der Waals surface area (Å²) in [6.45, 7) is 7.27. The number of aromatic nitrogens is 2. The van der Waals surface area contributed by atoms with Gasteiger partial charge in [-0.2, -0.15) is 5.10 Å². The molecule has 0 radical (unpaired) electrons. The Kier molecular flexibility index (Phi) is 6.80. The van der Waals surface area contributed by atoms with Gasteiger partial charge in [-0.25, -0.2) is 0 Å². The first-order chi connectivity index (χ1) is 13.0. The zero-order valence-corrected chi connectivity index (χ0v) is 16.4. The largest absolute Gasteiger partial charge is 0.390 e. The van der Waals surface area contributed by atoms with E-state index in [1.165, 1.54) is 5.56 Å².